The van der Waals surface area contributed by atoms with E-state index in [-0.39, 0.29) is 0 Å². The highest BCUT2D eigenvalue weighted by Crippen LogP contribution is 2.35. The summed E-state index contributed by atoms with van der Waals surface area (Å²) in [5, 5.41) is 10.8. The van der Waals surface area contributed by atoms with Crippen LogP contribution in [0.4, 0.5) is 0 Å². The molecule has 0 amide bonds. The van der Waals surface area contributed by atoms with Crippen molar-refractivity contribution < 1.29 is 0 Å². The van der Waals surface area contributed by atoms with Gasteiger partial charge < -0.3 is 0 Å². The van der Waals surface area contributed by atoms with Crippen LogP contribution in [0.15, 0.2) is 72.8 Å². The zero-order chi connectivity index (χ0) is 17.2. The zero-order valence-corrected chi connectivity index (χ0v) is 15.0. The molecule has 1 heterocycles. The Balaban J connectivity index is 1.76. The highest BCUT2D eigenvalue weighted by molar-refractivity contribution is 7.18. The van der Waals surface area contributed by atoms with Crippen LogP contribution < -0.4 is 0 Å². The molecule has 0 atom stereocenters. The summed E-state index contributed by atoms with van der Waals surface area (Å²) in [6.45, 7) is 4.30. The molecule has 0 fully saturated rings. The van der Waals surface area contributed by atoms with Crippen molar-refractivity contribution in [2.75, 3.05) is 0 Å². The van der Waals surface area contributed by atoms with Crippen molar-refractivity contribution in [1.82, 2.24) is 10.2 Å². The van der Waals surface area contributed by atoms with Crippen LogP contribution in [-0.2, 0) is 0 Å². The lowest BCUT2D eigenvalue weighted by Crippen LogP contribution is -1.90. The van der Waals surface area contributed by atoms with Crippen LogP contribution in [0.5, 0.6) is 0 Å². The molecule has 25 heavy (non-hydrogen) atoms. The van der Waals surface area contributed by atoms with Gasteiger partial charge in [0.05, 0.1) is 0 Å². The quantitative estimate of drug-likeness (QED) is 0.446. The summed E-state index contributed by atoms with van der Waals surface area (Å²) in [5.41, 5.74) is 7.25. The van der Waals surface area contributed by atoms with E-state index in [1.165, 1.54) is 27.8 Å². The van der Waals surface area contributed by atoms with Crippen molar-refractivity contribution in [3.8, 4) is 32.3 Å². The number of rotatable bonds is 3. The van der Waals surface area contributed by atoms with E-state index < -0.39 is 0 Å². The van der Waals surface area contributed by atoms with Crippen molar-refractivity contribution in [1.29, 1.82) is 0 Å². The van der Waals surface area contributed by atoms with E-state index in [9.17, 15) is 0 Å². The molecule has 1 aromatic heterocycles. The van der Waals surface area contributed by atoms with E-state index in [1.807, 2.05) is 24.3 Å². The summed E-state index contributed by atoms with van der Waals surface area (Å²) in [6, 6.07) is 25.2. The van der Waals surface area contributed by atoms with Crippen molar-refractivity contribution in [2.24, 2.45) is 0 Å². The van der Waals surface area contributed by atoms with Gasteiger partial charge in [0.25, 0.3) is 0 Å². The molecular weight excluding hydrogens is 324 g/mol. The van der Waals surface area contributed by atoms with Gasteiger partial charge >= 0.3 is 0 Å². The summed E-state index contributed by atoms with van der Waals surface area (Å²) < 4.78 is 0. The zero-order valence-electron chi connectivity index (χ0n) is 14.2. The fourth-order valence-corrected chi connectivity index (χ4v) is 4.14. The molecular formula is C22H18N2S. The molecule has 122 valence electrons. The normalized spacial score (nSPS) is 10.8. The lowest BCUT2D eigenvalue weighted by molar-refractivity contribution is 1.09. The van der Waals surface area contributed by atoms with Crippen LogP contribution in [0.1, 0.15) is 11.1 Å². The van der Waals surface area contributed by atoms with Gasteiger partial charge in [-0.3, -0.25) is 0 Å². The van der Waals surface area contributed by atoms with Gasteiger partial charge in [-0.05, 0) is 36.1 Å². The molecule has 0 aliphatic heterocycles. The number of aromatic nitrogens is 2. The van der Waals surface area contributed by atoms with E-state index in [1.54, 1.807) is 11.3 Å². The van der Waals surface area contributed by atoms with Crippen molar-refractivity contribution in [3.05, 3.63) is 83.9 Å². The first-order valence-corrected chi connectivity index (χ1v) is 9.10. The Morgan fingerprint density at radius 3 is 1.72 bits per heavy atom. The second kappa shape index (κ2) is 6.61. The summed E-state index contributed by atoms with van der Waals surface area (Å²) in [4.78, 5) is 0. The number of benzene rings is 3. The molecule has 0 saturated carbocycles. The van der Waals surface area contributed by atoms with E-state index in [4.69, 9.17) is 0 Å². The average Bonchev–Trinajstić information content (AvgIpc) is 3.12. The number of nitrogens with zero attached hydrogens (tertiary/aromatic N) is 2. The first-order chi connectivity index (χ1) is 12.2. The Morgan fingerprint density at radius 2 is 1.12 bits per heavy atom. The van der Waals surface area contributed by atoms with Gasteiger partial charge in [0, 0.05) is 11.1 Å². The maximum Gasteiger partial charge on any atom is 0.148 e. The highest BCUT2D eigenvalue weighted by Gasteiger charge is 2.14. The molecule has 3 aromatic carbocycles. The third-order valence-corrected chi connectivity index (χ3v) is 5.29. The molecule has 0 radical (unpaired) electrons. The third-order valence-electron chi connectivity index (χ3n) is 4.30. The maximum absolute atomic E-state index is 4.46. The van der Waals surface area contributed by atoms with Gasteiger partial charge in [0.15, 0.2) is 0 Å². The minimum absolute atomic E-state index is 0.960. The second-order valence-electron chi connectivity index (χ2n) is 6.13. The molecule has 0 bridgehead atoms. The van der Waals surface area contributed by atoms with Crippen LogP contribution in [-0.4, -0.2) is 10.2 Å². The Kier molecular flexibility index (Phi) is 4.16. The van der Waals surface area contributed by atoms with Crippen molar-refractivity contribution >= 4 is 11.3 Å². The molecule has 0 saturated heterocycles. The van der Waals surface area contributed by atoms with Crippen molar-refractivity contribution in [3.63, 3.8) is 0 Å². The monoisotopic (exact) mass is 342 g/mol. The minimum Gasteiger partial charge on any atom is -0.138 e. The van der Waals surface area contributed by atoms with Gasteiger partial charge in [0.1, 0.15) is 10.0 Å². The molecule has 0 aliphatic carbocycles. The lowest BCUT2D eigenvalue weighted by Gasteiger charge is -2.10. The Morgan fingerprint density at radius 1 is 0.600 bits per heavy atom. The summed E-state index contributed by atoms with van der Waals surface area (Å²) in [5.74, 6) is 0. The number of aryl methyl sites for hydroxylation is 2. The Bertz CT molecular complexity index is 982. The molecule has 0 aliphatic rings. The van der Waals surface area contributed by atoms with Gasteiger partial charge in [-0.1, -0.05) is 84.1 Å². The van der Waals surface area contributed by atoms with E-state index in [0.29, 0.717) is 0 Å². The van der Waals surface area contributed by atoms with Crippen LogP contribution in [0.2, 0.25) is 0 Å². The van der Waals surface area contributed by atoms with E-state index in [0.717, 1.165) is 15.6 Å². The molecule has 4 aromatic rings. The first-order valence-electron chi connectivity index (χ1n) is 8.28. The molecule has 0 spiro atoms. The number of hydrogen-bond acceptors (Lipinski definition) is 3. The molecule has 0 N–H and O–H groups in total. The predicted molar refractivity (Wildman–Crippen MR) is 106 cm³/mol. The topological polar surface area (TPSA) is 25.8 Å². The fourth-order valence-electron chi connectivity index (χ4n) is 3.12. The third kappa shape index (κ3) is 3.11. The van der Waals surface area contributed by atoms with Crippen LogP contribution in [0.25, 0.3) is 32.3 Å². The van der Waals surface area contributed by atoms with E-state index >= 15 is 0 Å². The smallest absolute Gasteiger partial charge is 0.138 e. The summed E-state index contributed by atoms with van der Waals surface area (Å²) >= 11 is 1.65. The average molecular weight is 342 g/mol. The first kappa shape index (κ1) is 15.7. The lowest BCUT2D eigenvalue weighted by atomic mass is 9.96. The highest BCUT2D eigenvalue weighted by atomic mass is 32.1. The molecule has 4 rings (SSSR count). The largest absolute Gasteiger partial charge is 0.148 e. The summed E-state index contributed by atoms with van der Waals surface area (Å²) in [6.07, 6.45) is 0. The fraction of sp³-hybridized carbons (Fsp3) is 0.0909. The molecule has 2 nitrogen and oxygen atoms in total. The molecule has 3 heteroatoms. The van der Waals surface area contributed by atoms with Crippen LogP contribution in [0.3, 0.4) is 0 Å². The minimum atomic E-state index is 0.960. The van der Waals surface area contributed by atoms with E-state index in [2.05, 4.69) is 72.6 Å². The van der Waals surface area contributed by atoms with Crippen LogP contribution in [0, 0.1) is 13.8 Å². The van der Waals surface area contributed by atoms with Gasteiger partial charge in [-0.15, -0.1) is 10.2 Å². The standard InChI is InChI=1S/C22H18N2S/c1-15-13-19(17-9-5-3-6-10-17)14-16(2)20(15)22-24-23-21(25-22)18-11-7-4-8-12-18/h3-14H,1-2H3. The summed E-state index contributed by atoms with van der Waals surface area (Å²) in [7, 11) is 0. The van der Waals surface area contributed by atoms with Crippen molar-refractivity contribution in [2.45, 2.75) is 13.8 Å². The number of hydrogen-bond donors (Lipinski definition) is 0. The SMILES string of the molecule is Cc1cc(-c2ccccc2)cc(C)c1-c1nnc(-c2ccccc2)s1. The second-order valence-corrected chi connectivity index (χ2v) is 7.11. The Labute approximate surface area is 151 Å². The van der Waals surface area contributed by atoms with Crippen LogP contribution >= 0.6 is 11.3 Å². The van der Waals surface area contributed by atoms with Gasteiger partial charge in [-0.2, -0.15) is 0 Å². The van der Waals surface area contributed by atoms with Gasteiger partial charge in [0.2, 0.25) is 0 Å². The Hall–Kier alpha value is -2.78. The van der Waals surface area contributed by atoms with Gasteiger partial charge in [-0.25, -0.2) is 0 Å². The molecule has 0 unspecified atom stereocenters. The predicted octanol–water partition coefficient (Wildman–Crippen LogP) is 6.16. The maximum atomic E-state index is 4.46.